The second-order valence-corrected chi connectivity index (χ2v) is 5.78. The number of nitrogens with zero attached hydrogens (tertiary/aromatic N) is 6. The van der Waals surface area contributed by atoms with Gasteiger partial charge in [-0.15, -0.1) is 15.3 Å². The van der Waals surface area contributed by atoms with Gasteiger partial charge in [-0.2, -0.15) is 22.8 Å². The van der Waals surface area contributed by atoms with Crippen LogP contribution in [0.5, 0.6) is 0 Å². The van der Waals surface area contributed by atoms with Crippen LogP contribution >= 0.6 is 0 Å². The number of aryl methyl sites for hydroxylation is 1. The van der Waals surface area contributed by atoms with Crippen LogP contribution in [0.25, 0.3) is 5.65 Å². The minimum Gasteiger partial charge on any atom is -0.355 e. The van der Waals surface area contributed by atoms with Gasteiger partial charge >= 0.3 is 6.18 Å². The number of nitrogens with one attached hydrogen (secondary N) is 2. The molecule has 4 rings (SSSR count). The maximum absolute atomic E-state index is 13.1. The van der Waals surface area contributed by atoms with E-state index in [1.165, 1.54) is 12.1 Å². The Morgan fingerprint density at radius 3 is 2.52 bits per heavy atom. The highest BCUT2D eigenvalue weighted by atomic mass is 19.4. The molecule has 27 heavy (non-hydrogen) atoms. The van der Waals surface area contributed by atoms with Crippen molar-refractivity contribution in [2.75, 3.05) is 5.32 Å². The van der Waals surface area contributed by atoms with Crippen molar-refractivity contribution >= 4 is 11.5 Å². The van der Waals surface area contributed by atoms with E-state index >= 15 is 0 Å². The highest BCUT2D eigenvalue weighted by Gasteiger charge is 2.37. The molecule has 138 valence electrons. The maximum atomic E-state index is 13.1. The largest absolute Gasteiger partial charge is 0.453 e. The first-order valence-corrected chi connectivity index (χ1v) is 7.92. The van der Waals surface area contributed by atoms with E-state index in [0.717, 1.165) is 5.56 Å². The normalized spacial score (nSPS) is 13.0. The summed E-state index contributed by atoms with van der Waals surface area (Å²) in [6.07, 6.45) is -4.66. The van der Waals surface area contributed by atoms with E-state index in [-0.39, 0.29) is 11.5 Å². The number of fused-ring (bicyclic) bond motifs is 1. The molecule has 0 spiro atoms. The molecule has 3 heterocycles. The number of halogens is 3. The lowest BCUT2D eigenvalue weighted by Gasteiger charge is -2.17. The lowest BCUT2D eigenvalue weighted by Crippen LogP contribution is -2.17. The molecule has 1 atom stereocenters. The number of aromatic nitrogens is 7. The Hall–Kier alpha value is -3.50. The summed E-state index contributed by atoms with van der Waals surface area (Å²) in [5, 5.41) is 20.7. The third-order valence-corrected chi connectivity index (χ3v) is 3.81. The van der Waals surface area contributed by atoms with Crippen molar-refractivity contribution in [2.45, 2.75) is 19.1 Å². The van der Waals surface area contributed by atoms with E-state index in [0.29, 0.717) is 16.2 Å². The molecule has 4 aromatic rings. The van der Waals surface area contributed by atoms with Crippen LogP contribution in [-0.4, -0.2) is 35.0 Å². The molecule has 3 aromatic heterocycles. The summed E-state index contributed by atoms with van der Waals surface area (Å²) in [6.45, 7) is 1.76. The highest BCUT2D eigenvalue weighted by molar-refractivity contribution is 5.47. The van der Waals surface area contributed by atoms with Crippen LogP contribution in [0.1, 0.15) is 29.1 Å². The molecular formula is C16H13F3N8. The Kier molecular flexibility index (Phi) is 3.98. The average molecular weight is 374 g/mol. The standard InChI is InChI=1S/C16H13F3N8/c1-9-20-14(24-22-9)13(10-5-3-2-4-6-10)21-11-7-8-12-23-25-15(16(17,18)19)27(12)26-11/h2-8,13H,1H3,(H,21,26)(H,20,22,24). The summed E-state index contributed by atoms with van der Waals surface area (Å²) in [5.74, 6) is 0.0740. The predicted octanol–water partition coefficient (Wildman–Crippen LogP) is 2.77. The van der Waals surface area contributed by atoms with Gasteiger partial charge in [0.05, 0.1) is 0 Å². The molecule has 1 unspecified atom stereocenters. The Balaban J connectivity index is 1.75. The Morgan fingerprint density at radius 2 is 1.85 bits per heavy atom. The number of rotatable bonds is 4. The number of alkyl halides is 3. The summed E-state index contributed by atoms with van der Waals surface area (Å²) < 4.78 is 39.9. The van der Waals surface area contributed by atoms with Crippen molar-refractivity contribution in [3.8, 4) is 0 Å². The number of benzene rings is 1. The van der Waals surface area contributed by atoms with Crippen molar-refractivity contribution in [1.29, 1.82) is 0 Å². The van der Waals surface area contributed by atoms with Gasteiger partial charge < -0.3 is 5.32 Å². The minimum absolute atomic E-state index is 0.00197. The molecule has 1 aromatic carbocycles. The van der Waals surface area contributed by atoms with Gasteiger partial charge in [0, 0.05) is 0 Å². The first-order chi connectivity index (χ1) is 12.9. The van der Waals surface area contributed by atoms with Crippen LogP contribution in [0.3, 0.4) is 0 Å². The molecule has 0 fully saturated rings. The molecule has 0 bridgehead atoms. The number of H-pyrrole nitrogens is 1. The molecule has 11 heteroatoms. The molecule has 0 radical (unpaired) electrons. The van der Waals surface area contributed by atoms with Crippen LogP contribution in [0.2, 0.25) is 0 Å². The zero-order valence-electron chi connectivity index (χ0n) is 13.9. The fourth-order valence-corrected chi connectivity index (χ4v) is 2.62. The van der Waals surface area contributed by atoms with Gasteiger partial charge in [0.15, 0.2) is 11.5 Å². The number of hydrogen-bond donors (Lipinski definition) is 2. The van der Waals surface area contributed by atoms with Crippen molar-refractivity contribution in [3.63, 3.8) is 0 Å². The second kappa shape index (κ2) is 6.34. The van der Waals surface area contributed by atoms with Crippen molar-refractivity contribution in [1.82, 2.24) is 35.0 Å². The van der Waals surface area contributed by atoms with E-state index < -0.39 is 18.0 Å². The molecule has 0 aliphatic heterocycles. The third-order valence-electron chi connectivity index (χ3n) is 3.81. The summed E-state index contributed by atoms with van der Waals surface area (Å²) in [7, 11) is 0. The molecule has 8 nitrogen and oxygen atoms in total. The second-order valence-electron chi connectivity index (χ2n) is 5.78. The monoisotopic (exact) mass is 374 g/mol. The van der Waals surface area contributed by atoms with Gasteiger partial charge in [0.2, 0.25) is 0 Å². The minimum atomic E-state index is -4.66. The highest BCUT2D eigenvalue weighted by Crippen LogP contribution is 2.28. The lowest BCUT2D eigenvalue weighted by atomic mass is 10.1. The van der Waals surface area contributed by atoms with Crippen LogP contribution < -0.4 is 5.32 Å². The fraction of sp³-hybridized carbons (Fsp3) is 0.188. The average Bonchev–Trinajstić information content (AvgIpc) is 3.26. The molecule has 0 saturated carbocycles. The number of aromatic amines is 1. The lowest BCUT2D eigenvalue weighted by molar-refractivity contribution is -0.146. The van der Waals surface area contributed by atoms with Crippen LogP contribution in [0, 0.1) is 6.92 Å². The third kappa shape index (κ3) is 3.30. The zero-order chi connectivity index (χ0) is 19.0. The van der Waals surface area contributed by atoms with E-state index in [2.05, 4.69) is 35.8 Å². The topological polar surface area (TPSA) is 96.7 Å². The number of hydrogen-bond acceptors (Lipinski definition) is 6. The van der Waals surface area contributed by atoms with E-state index in [9.17, 15) is 13.2 Å². The first kappa shape index (κ1) is 16.9. The van der Waals surface area contributed by atoms with Crippen LogP contribution in [0.4, 0.5) is 19.0 Å². The van der Waals surface area contributed by atoms with Gasteiger partial charge in [-0.25, -0.2) is 4.98 Å². The van der Waals surface area contributed by atoms with Gasteiger partial charge in [-0.1, -0.05) is 30.3 Å². The van der Waals surface area contributed by atoms with Crippen molar-refractivity contribution in [3.05, 3.63) is 65.5 Å². The molecule has 0 saturated heterocycles. The maximum Gasteiger partial charge on any atom is 0.453 e. The van der Waals surface area contributed by atoms with E-state index in [1.807, 2.05) is 30.3 Å². The summed E-state index contributed by atoms with van der Waals surface area (Å²) in [4.78, 5) is 4.32. The summed E-state index contributed by atoms with van der Waals surface area (Å²) in [6, 6.07) is 11.7. The first-order valence-electron chi connectivity index (χ1n) is 7.92. The predicted molar refractivity (Wildman–Crippen MR) is 88.8 cm³/mol. The zero-order valence-corrected chi connectivity index (χ0v) is 13.9. The van der Waals surface area contributed by atoms with Gasteiger partial charge in [-0.05, 0) is 24.6 Å². The number of anilines is 1. The van der Waals surface area contributed by atoms with Crippen molar-refractivity contribution in [2.24, 2.45) is 0 Å². The Morgan fingerprint density at radius 1 is 1.07 bits per heavy atom. The molecule has 0 aliphatic rings. The summed E-state index contributed by atoms with van der Waals surface area (Å²) >= 11 is 0. The molecule has 0 amide bonds. The molecule has 0 aliphatic carbocycles. The SMILES string of the molecule is Cc1nc(C(Nc2ccc3nnc(C(F)(F)F)n3n2)c2ccccc2)n[nH]1. The van der Waals surface area contributed by atoms with Crippen LogP contribution in [-0.2, 0) is 6.18 Å². The molecule has 2 N–H and O–H groups in total. The summed E-state index contributed by atoms with van der Waals surface area (Å²) in [5.41, 5.74) is 0.830. The smallest absolute Gasteiger partial charge is 0.355 e. The van der Waals surface area contributed by atoms with Gasteiger partial charge in [0.1, 0.15) is 17.7 Å². The van der Waals surface area contributed by atoms with Gasteiger partial charge in [-0.3, -0.25) is 5.10 Å². The molecular weight excluding hydrogens is 361 g/mol. The Labute approximate surface area is 150 Å². The quantitative estimate of drug-likeness (QED) is 0.570. The Bertz CT molecular complexity index is 1070. The van der Waals surface area contributed by atoms with E-state index in [4.69, 9.17) is 0 Å². The van der Waals surface area contributed by atoms with Crippen molar-refractivity contribution < 1.29 is 13.2 Å². The fourth-order valence-electron chi connectivity index (χ4n) is 2.62. The van der Waals surface area contributed by atoms with Gasteiger partial charge in [0.25, 0.3) is 5.82 Å². The van der Waals surface area contributed by atoms with E-state index in [1.54, 1.807) is 6.92 Å². The van der Waals surface area contributed by atoms with Crippen LogP contribution in [0.15, 0.2) is 42.5 Å².